The molecule has 1 aromatic carbocycles. The van der Waals surface area contributed by atoms with Gasteiger partial charge >= 0.3 is 0 Å². The van der Waals surface area contributed by atoms with Gasteiger partial charge < -0.3 is 10.6 Å². The van der Waals surface area contributed by atoms with E-state index in [2.05, 4.69) is 28.5 Å². The van der Waals surface area contributed by atoms with Crippen LogP contribution < -0.4 is 10.6 Å². The molecule has 0 fully saturated rings. The predicted octanol–water partition coefficient (Wildman–Crippen LogP) is 2.21. The molecule has 1 aromatic rings. The number of nitrogens with one attached hydrogen (secondary N) is 2. The Bertz CT molecular complexity index is 473. The summed E-state index contributed by atoms with van der Waals surface area (Å²) in [5.41, 5.74) is 3.61. The summed E-state index contributed by atoms with van der Waals surface area (Å²) in [7, 11) is 1.87. The summed E-state index contributed by atoms with van der Waals surface area (Å²) in [4.78, 5) is 14.6. The monoisotopic (exact) mass is 275 g/mol. The third kappa shape index (κ3) is 3.38. The number of nitrogens with zero attached hydrogens (tertiary/aromatic N) is 1. The van der Waals surface area contributed by atoms with Gasteiger partial charge in [-0.1, -0.05) is 26.0 Å². The Kier molecular flexibility index (Phi) is 5.15. The number of benzene rings is 1. The minimum Gasteiger partial charge on any atom is -0.326 e. The van der Waals surface area contributed by atoms with E-state index in [0.29, 0.717) is 6.54 Å². The minimum absolute atomic E-state index is 0.0241. The first-order valence-corrected chi connectivity index (χ1v) is 7.44. The van der Waals surface area contributed by atoms with Crippen LogP contribution in [0.3, 0.4) is 0 Å². The molecular formula is C16H25N3O. The van der Waals surface area contributed by atoms with E-state index in [1.165, 1.54) is 11.1 Å². The van der Waals surface area contributed by atoms with Gasteiger partial charge in [-0.2, -0.15) is 0 Å². The van der Waals surface area contributed by atoms with Gasteiger partial charge in [0.05, 0.1) is 0 Å². The van der Waals surface area contributed by atoms with Crippen LogP contribution in [0, 0.1) is 5.92 Å². The number of hydrogen-bond acceptors (Lipinski definition) is 3. The molecule has 0 spiro atoms. The van der Waals surface area contributed by atoms with Crippen LogP contribution in [-0.2, 0) is 17.9 Å². The Hall–Kier alpha value is -1.39. The Balaban J connectivity index is 2.08. The summed E-state index contributed by atoms with van der Waals surface area (Å²) < 4.78 is 0. The van der Waals surface area contributed by atoms with Crippen LogP contribution in [-0.4, -0.2) is 30.9 Å². The second-order valence-corrected chi connectivity index (χ2v) is 5.60. The van der Waals surface area contributed by atoms with Crippen LogP contribution in [0.5, 0.6) is 0 Å². The van der Waals surface area contributed by atoms with E-state index in [0.717, 1.165) is 31.7 Å². The lowest BCUT2D eigenvalue weighted by molar-refractivity contribution is -0.119. The molecule has 1 amide bonds. The van der Waals surface area contributed by atoms with E-state index in [9.17, 15) is 4.79 Å². The van der Waals surface area contributed by atoms with Crippen LogP contribution in [0.4, 0.5) is 5.69 Å². The Labute approximate surface area is 121 Å². The molecule has 2 N–H and O–H groups in total. The molecule has 0 saturated carbocycles. The van der Waals surface area contributed by atoms with Crippen molar-refractivity contribution in [1.29, 1.82) is 0 Å². The minimum atomic E-state index is -0.0241. The molecule has 1 aliphatic heterocycles. The maximum atomic E-state index is 12.1. The highest BCUT2D eigenvalue weighted by Gasteiger charge is 2.22. The third-order valence-corrected chi connectivity index (χ3v) is 3.80. The summed E-state index contributed by atoms with van der Waals surface area (Å²) >= 11 is 0. The van der Waals surface area contributed by atoms with Crippen molar-refractivity contribution in [3.05, 3.63) is 29.3 Å². The molecule has 1 aliphatic rings. The van der Waals surface area contributed by atoms with Gasteiger partial charge in [-0.05, 0) is 37.2 Å². The van der Waals surface area contributed by atoms with Gasteiger partial charge in [-0.15, -0.1) is 0 Å². The first-order valence-electron chi connectivity index (χ1n) is 7.44. The largest absolute Gasteiger partial charge is 0.326 e. The molecular weight excluding hydrogens is 250 g/mol. The molecule has 0 aliphatic carbocycles. The topological polar surface area (TPSA) is 44.4 Å². The van der Waals surface area contributed by atoms with Crippen LogP contribution in [0.2, 0.25) is 0 Å². The van der Waals surface area contributed by atoms with Crippen LogP contribution in [0.1, 0.15) is 31.4 Å². The first kappa shape index (κ1) is 15.0. The molecule has 110 valence electrons. The van der Waals surface area contributed by atoms with Crippen molar-refractivity contribution in [1.82, 2.24) is 10.2 Å². The summed E-state index contributed by atoms with van der Waals surface area (Å²) in [5, 5.41) is 6.13. The van der Waals surface area contributed by atoms with Gasteiger partial charge in [0.2, 0.25) is 5.91 Å². The van der Waals surface area contributed by atoms with E-state index in [4.69, 9.17) is 0 Å². The molecule has 2 rings (SSSR count). The summed E-state index contributed by atoms with van der Waals surface area (Å²) in [6.07, 6.45) is 1.16. The molecule has 20 heavy (non-hydrogen) atoms. The van der Waals surface area contributed by atoms with Gasteiger partial charge in [-0.25, -0.2) is 0 Å². The summed E-state index contributed by atoms with van der Waals surface area (Å²) in [5.74, 6) is 0.0608. The lowest BCUT2D eigenvalue weighted by Gasteiger charge is -2.15. The molecule has 0 radical (unpaired) electrons. The molecule has 1 unspecified atom stereocenters. The molecule has 4 heteroatoms. The van der Waals surface area contributed by atoms with Crippen molar-refractivity contribution in [2.45, 2.75) is 33.4 Å². The third-order valence-electron chi connectivity index (χ3n) is 3.80. The number of carbonyl (C=O) groups is 1. The molecule has 1 atom stereocenters. The zero-order valence-electron chi connectivity index (χ0n) is 12.7. The van der Waals surface area contributed by atoms with E-state index in [1.807, 2.05) is 26.1 Å². The van der Waals surface area contributed by atoms with E-state index >= 15 is 0 Å². The van der Waals surface area contributed by atoms with Crippen molar-refractivity contribution < 1.29 is 4.79 Å². The van der Waals surface area contributed by atoms with Gasteiger partial charge in [0, 0.05) is 31.2 Å². The number of rotatable bonds is 6. The summed E-state index contributed by atoms with van der Waals surface area (Å²) in [6.45, 7) is 7.89. The zero-order valence-corrected chi connectivity index (χ0v) is 12.7. The second-order valence-electron chi connectivity index (χ2n) is 5.60. The van der Waals surface area contributed by atoms with Crippen LogP contribution in [0.25, 0.3) is 0 Å². The number of fused-ring (bicyclic) bond motifs is 1. The van der Waals surface area contributed by atoms with Gasteiger partial charge in [0.15, 0.2) is 0 Å². The fraction of sp³-hybridized carbons (Fsp3) is 0.562. The van der Waals surface area contributed by atoms with E-state index < -0.39 is 0 Å². The van der Waals surface area contributed by atoms with Gasteiger partial charge in [-0.3, -0.25) is 9.69 Å². The van der Waals surface area contributed by atoms with Crippen molar-refractivity contribution in [2.24, 2.45) is 5.92 Å². The Morgan fingerprint density at radius 1 is 1.40 bits per heavy atom. The second kappa shape index (κ2) is 6.86. The van der Waals surface area contributed by atoms with Crippen LogP contribution in [0.15, 0.2) is 18.2 Å². The normalized spacial score (nSPS) is 15.9. The van der Waals surface area contributed by atoms with E-state index in [-0.39, 0.29) is 11.8 Å². The standard InChI is InChI=1S/C16H25N3O/c1-4-8-19-10-13-6-5-7-15(14(13)11-19)18-16(20)12(2)9-17-3/h5-7,12,17H,4,8-11H2,1-3H3,(H,18,20). The van der Waals surface area contributed by atoms with Gasteiger partial charge in [0.1, 0.15) is 0 Å². The fourth-order valence-electron chi connectivity index (χ4n) is 2.74. The quantitative estimate of drug-likeness (QED) is 0.836. The lowest BCUT2D eigenvalue weighted by atomic mass is 10.1. The maximum Gasteiger partial charge on any atom is 0.228 e. The predicted molar refractivity (Wildman–Crippen MR) is 82.6 cm³/mol. The van der Waals surface area contributed by atoms with Crippen molar-refractivity contribution in [3.8, 4) is 0 Å². The number of amides is 1. The summed E-state index contributed by atoms with van der Waals surface area (Å²) in [6, 6.07) is 6.21. The number of anilines is 1. The molecule has 4 nitrogen and oxygen atoms in total. The average molecular weight is 275 g/mol. The zero-order chi connectivity index (χ0) is 14.5. The van der Waals surface area contributed by atoms with Crippen molar-refractivity contribution in [3.63, 3.8) is 0 Å². The highest BCUT2D eigenvalue weighted by Crippen LogP contribution is 2.29. The van der Waals surface area contributed by atoms with Crippen LogP contribution >= 0.6 is 0 Å². The lowest BCUT2D eigenvalue weighted by Crippen LogP contribution is -2.29. The van der Waals surface area contributed by atoms with Gasteiger partial charge in [0.25, 0.3) is 0 Å². The Morgan fingerprint density at radius 2 is 2.20 bits per heavy atom. The molecule has 0 saturated heterocycles. The highest BCUT2D eigenvalue weighted by atomic mass is 16.1. The number of hydrogen-bond donors (Lipinski definition) is 2. The molecule has 1 heterocycles. The Morgan fingerprint density at radius 3 is 2.90 bits per heavy atom. The van der Waals surface area contributed by atoms with E-state index in [1.54, 1.807) is 0 Å². The fourth-order valence-corrected chi connectivity index (χ4v) is 2.74. The average Bonchev–Trinajstić information content (AvgIpc) is 2.83. The first-order chi connectivity index (χ1) is 9.65. The number of carbonyl (C=O) groups excluding carboxylic acids is 1. The smallest absolute Gasteiger partial charge is 0.228 e. The highest BCUT2D eigenvalue weighted by molar-refractivity contribution is 5.93. The molecule has 0 bridgehead atoms. The van der Waals surface area contributed by atoms with Crippen molar-refractivity contribution >= 4 is 11.6 Å². The molecule has 0 aromatic heterocycles. The van der Waals surface area contributed by atoms with Crippen molar-refractivity contribution in [2.75, 3.05) is 25.5 Å². The SMILES string of the molecule is CCCN1Cc2cccc(NC(=O)C(C)CNC)c2C1. The maximum absolute atomic E-state index is 12.1.